The van der Waals surface area contributed by atoms with Gasteiger partial charge in [-0.15, -0.1) is 0 Å². The lowest BCUT2D eigenvalue weighted by molar-refractivity contribution is 0.477. The molecular formula is C11H16N2O3S. The summed E-state index contributed by atoms with van der Waals surface area (Å²) in [7, 11) is -3.37. The minimum Gasteiger partial charge on any atom is -0.506 e. The first-order valence-corrected chi connectivity index (χ1v) is 7.40. The predicted molar refractivity (Wildman–Crippen MR) is 68.0 cm³/mol. The van der Waals surface area contributed by atoms with Gasteiger partial charge in [0.1, 0.15) is 5.75 Å². The molecule has 0 aliphatic carbocycles. The van der Waals surface area contributed by atoms with Crippen molar-refractivity contribution in [1.82, 2.24) is 0 Å². The fourth-order valence-electron chi connectivity index (χ4n) is 1.98. The summed E-state index contributed by atoms with van der Waals surface area (Å²) in [6, 6.07) is 4.98. The molecule has 2 N–H and O–H groups in total. The number of hydrogen-bond acceptors (Lipinski definition) is 4. The second kappa shape index (κ2) is 4.44. The maximum atomic E-state index is 11.1. The Morgan fingerprint density at radius 2 is 1.94 bits per heavy atom. The highest BCUT2D eigenvalue weighted by molar-refractivity contribution is 7.92. The van der Waals surface area contributed by atoms with Crippen molar-refractivity contribution in [2.45, 2.75) is 12.8 Å². The first-order chi connectivity index (χ1) is 7.96. The van der Waals surface area contributed by atoms with Gasteiger partial charge in [0.05, 0.1) is 11.9 Å². The molecule has 1 aromatic rings. The highest BCUT2D eigenvalue weighted by Crippen LogP contribution is 2.30. The third-order valence-electron chi connectivity index (χ3n) is 2.75. The molecular weight excluding hydrogens is 240 g/mol. The van der Waals surface area contributed by atoms with Crippen LogP contribution in [0.1, 0.15) is 12.8 Å². The molecule has 5 nitrogen and oxygen atoms in total. The molecule has 0 atom stereocenters. The molecule has 17 heavy (non-hydrogen) atoms. The van der Waals surface area contributed by atoms with Gasteiger partial charge >= 0.3 is 0 Å². The van der Waals surface area contributed by atoms with E-state index in [-0.39, 0.29) is 11.4 Å². The van der Waals surface area contributed by atoms with Crippen molar-refractivity contribution in [1.29, 1.82) is 0 Å². The third kappa shape index (κ3) is 3.03. The van der Waals surface area contributed by atoms with E-state index in [9.17, 15) is 13.5 Å². The molecule has 1 aliphatic heterocycles. The molecule has 2 rings (SSSR count). The van der Waals surface area contributed by atoms with Crippen molar-refractivity contribution in [3.63, 3.8) is 0 Å². The van der Waals surface area contributed by atoms with Gasteiger partial charge in [-0.3, -0.25) is 4.72 Å². The van der Waals surface area contributed by atoms with E-state index < -0.39 is 10.0 Å². The molecule has 0 aromatic heterocycles. The lowest BCUT2D eigenvalue weighted by Crippen LogP contribution is -2.18. The van der Waals surface area contributed by atoms with Crippen molar-refractivity contribution in [3.05, 3.63) is 18.2 Å². The number of sulfonamides is 1. The van der Waals surface area contributed by atoms with Crippen LogP contribution >= 0.6 is 0 Å². The van der Waals surface area contributed by atoms with Gasteiger partial charge in [0.15, 0.2) is 0 Å². The Kier molecular flexibility index (Phi) is 3.15. The number of nitrogens with zero attached hydrogens (tertiary/aromatic N) is 1. The van der Waals surface area contributed by atoms with Gasteiger partial charge in [0.25, 0.3) is 0 Å². The average Bonchev–Trinajstić information content (AvgIpc) is 2.72. The first-order valence-electron chi connectivity index (χ1n) is 5.51. The van der Waals surface area contributed by atoms with E-state index in [4.69, 9.17) is 0 Å². The summed E-state index contributed by atoms with van der Waals surface area (Å²) < 4.78 is 24.6. The Hall–Kier alpha value is -1.43. The minimum absolute atomic E-state index is 0.0571. The van der Waals surface area contributed by atoms with Crippen LogP contribution in [-0.4, -0.2) is 32.9 Å². The maximum absolute atomic E-state index is 11.1. The molecule has 1 fully saturated rings. The zero-order chi connectivity index (χ0) is 12.5. The fourth-order valence-corrected chi connectivity index (χ4v) is 2.54. The van der Waals surface area contributed by atoms with Gasteiger partial charge in [0, 0.05) is 18.8 Å². The van der Waals surface area contributed by atoms with Crippen molar-refractivity contribution >= 4 is 21.4 Å². The van der Waals surface area contributed by atoms with Gasteiger partial charge < -0.3 is 10.0 Å². The van der Waals surface area contributed by atoms with E-state index in [1.807, 2.05) is 0 Å². The minimum atomic E-state index is -3.37. The van der Waals surface area contributed by atoms with E-state index in [2.05, 4.69) is 9.62 Å². The molecule has 94 valence electrons. The van der Waals surface area contributed by atoms with Crippen LogP contribution in [0, 0.1) is 0 Å². The van der Waals surface area contributed by atoms with E-state index in [1.54, 1.807) is 12.1 Å². The quantitative estimate of drug-likeness (QED) is 0.801. The monoisotopic (exact) mass is 256 g/mol. The molecule has 0 saturated carbocycles. The lowest BCUT2D eigenvalue weighted by atomic mass is 10.2. The highest BCUT2D eigenvalue weighted by atomic mass is 32.2. The van der Waals surface area contributed by atoms with Crippen molar-refractivity contribution in [3.8, 4) is 5.75 Å². The second-order valence-electron chi connectivity index (χ2n) is 4.27. The molecule has 0 radical (unpaired) electrons. The number of hydrogen-bond donors (Lipinski definition) is 2. The number of phenolic OH excluding ortho intramolecular Hbond substituents is 1. The molecule has 0 bridgehead atoms. The molecule has 1 heterocycles. The molecule has 0 amide bonds. The van der Waals surface area contributed by atoms with Crippen LogP contribution in [-0.2, 0) is 10.0 Å². The Bertz CT molecular complexity index is 507. The number of phenols is 1. The van der Waals surface area contributed by atoms with E-state index >= 15 is 0 Å². The first kappa shape index (κ1) is 12.0. The standard InChI is InChI=1S/C11H16N2O3S/c1-17(15,16)12-10-8-9(4-5-11(10)14)13-6-2-3-7-13/h4-5,8,12,14H,2-3,6-7H2,1H3. The van der Waals surface area contributed by atoms with Crippen LogP contribution in [0.2, 0.25) is 0 Å². The Balaban J connectivity index is 2.28. The highest BCUT2D eigenvalue weighted by Gasteiger charge is 2.15. The molecule has 6 heteroatoms. The summed E-state index contributed by atoms with van der Waals surface area (Å²) in [5.41, 5.74) is 1.17. The fraction of sp³-hybridized carbons (Fsp3) is 0.455. The van der Waals surface area contributed by atoms with Crippen LogP contribution < -0.4 is 9.62 Å². The van der Waals surface area contributed by atoms with Crippen LogP contribution in [0.3, 0.4) is 0 Å². The van der Waals surface area contributed by atoms with Crippen LogP contribution in [0.4, 0.5) is 11.4 Å². The third-order valence-corrected chi connectivity index (χ3v) is 3.34. The van der Waals surface area contributed by atoms with Crippen molar-refractivity contribution < 1.29 is 13.5 Å². The molecule has 0 unspecified atom stereocenters. The van der Waals surface area contributed by atoms with E-state index in [1.165, 1.54) is 6.07 Å². The Labute approximate surface area is 101 Å². The van der Waals surface area contributed by atoms with Crippen molar-refractivity contribution in [2.75, 3.05) is 29.0 Å². The summed E-state index contributed by atoms with van der Waals surface area (Å²) >= 11 is 0. The van der Waals surface area contributed by atoms with Crippen molar-refractivity contribution in [2.24, 2.45) is 0 Å². The SMILES string of the molecule is CS(=O)(=O)Nc1cc(N2CCCC2)ccc1O. The zero-order valence-electron chi connectivity index (χ0n) is 9.68. The zero-order valence-corrected chi connectivity index (χ0v) is 10.5. The molecule has 1 saturated heterocycles. The van der Waals surface area contributed by atoms with Crippen LogP contribution in [0.25, 0.3) is 0 Å². The summed E-state index contributed by atoms with van der Waals surface area (Å²) in [5, 5.41) is 9.60. The van der Waals surface area contributed by atoms with E-state index in [0.717, 1.165) is 37.9 Å². The number of aromatic hydroxyl groups is 1. The summed E-state index contributed by atoms with van der Waals surface area (Å²) in [6.45, 7) is 1.95. The Morgan fingerprint density at radius 1 is 1.29 bits per heavy atom. The topological polar surface area (TPSA) is 69.6 Å². The van der Waals surface area contributed by atoms with Crippen LogP contribution in [0.5, 0.6) is 5.75 Å². The smallest absolute Gasteiger partial charge is 0.229 e. The molecule has 1 aliphatic rings. The summed E-state index contributed by atoms with van der Waals surface area (Å²) in [6.07, 6.45) is 3.36. The summed E-state index contributed by atoms with van der Waals surface area (Å²) in [5.74, 6) is -0.0571. The van der Waals surface area contributed by atoms with Gasteiger partial charge in [-0.05, 0) is 31.0 Å². The number of anilines is 2. The van der Waals surface area contributed by atoms with Gasteiger partial charge in [-0.1, -0.05) is 0 Å². The lowest BCUT2D eigenvalue weighted by Gasteiger charge is -2.19. The predicted octanol–water partition coefficient (Wildman–Crippen LogP) is 1.36. The molecule has 0 spiro atoms. The number of rotatable bonds is 3. The maximum Gasteiger partial charge on any atom is 0.229 e. The number of nitrogens with one attached hydrogen (secondary N) is 1. The second-order valence-corrected chi connectivity index (χ2v) is 6.02. The number of benzene rings is 1. The van der Waals surface area contributed by atoms with Crippen LogP contribution in [0.15, 0.2) is 18.2 Å². The van der Waals surface area contributed by atoms with Gasteiger partial charge in [-0.2, -0.15) is 0 Å². The van der Waals surface area contributed by atoms with Gasteiger partial charge in [0.2, 0.25) is 10.0 Å². The largest absolute Gasteiger partial charge is 0.506 e. The van der Waals surface area contributed by atoms with E-state index in [0.29, 0.717) is 0 Å². The molecule has 1 aromatic carbocycles. The normalized spacial score (nSPS) is 16.2. The average molecular weight is 256 g/mol. The Morgan fingerprint density at radius 3 is 2.53 bits per heavy atom. The summed E-state index contributed by atoms with van der Waals surface area (Å²) in [4.78, 5) is 2.17. The van der Waals surface area contributed by atoms with Gasteiger partial charge in [-0.25, -0.2) is 8.42 Å².